The Morgan fingerprint density at radius 2 is 0.717 bits per heavy atom. The molecule has 7 heteroatoms. The monoisotopic (exact) mass is 1490 g/mol. The van der Waals surface area contributed by atoms with Crippen molar-refractivity contribution in [2.75, 3.05) is 9.80 Å². The molecule has 0 radical (unpaired) electrons. The van der Waals surface area contributed by atoms with Crippen molar-refractivity contribution in [3.8, 4) is 55.9 Å². The van der Waals surface area contributed by atoms with Crippen molar-refractivity contribution < 1.29 is 0 Å². The summed E-state index contributed by atoms with van der Waals surface area (Å²) in [6, 6.07) is 120. The molecule has 2 aliphatic heterocycles. The van der Waals surface area contributed by atoms with Gasteiger partial charge in [-0.2, -0.15) is 0 Å². The average molecular weight is 1490 g/mol. The van der Waals surface area contributed by atoms with E-state index in [1.165, 1.54) is 156 Å². The lowest BCUT2D eigenvalue weighted by Crippen LogP contribution is -2.61. The molecule has 0 atom stereocenters. The highest BCUT2D eigenvalue weighted by molar-refractivity contribution is 7.26. The standard InChI is InChI=1S/C106H87BN4S2/c1-103(2,3)69-51-67(52-70(59-69)104(4,5)6)75-31-16-22-38-87(75)110-92-50-46-65(77-37-28-44-99-101(77)81-36-21-27-43-98(81)112-99)56-86(92)107-85-48-47-74(109-90-41-25-19-34-79(90)83-62-84-80-35-20-26-42-97(80)113-100(84)63-93(83)109)61-94(85)111(88-39-23-17-32-76(88)68-53-71(105(7,8)9)60-72(54-68)106(10,11)12)96-58-66(57-95(110)102(96)107)64-45-49-91-82(55-64)78-33-18-24-40-89(78)108(91)73-29-14-13-15-30-73/h13-63H,1-12H3. The van der Waals surface area contributed by atoms with Gasteiger partial charge in [0.05, 0.1) is 33.4 Å². The topological polar surface area (TPSA) is 16.3 Å². The number of benzene rings is 15. The second-order valence-electron chi connectivity index (χ2n) is 35.7. The normalized spacial score (nSPS) is 13.3. The van der Waals surface area contributed by atoms with Crippen LogP contribution in [-0.4, -0.2) is 15.8 Å². The summed E-state index contributed by atoms with van der Waals surface area (Å²) in [6.45, 7) is 28.1. The van der Waals surface area contributed by atoms with Crippen LogP contribution in [0.5, 0.6) is 0 Å². The number of rotatable bonds is 8. The molecular formula is C106H87BN4S2. The molecule has 15 aromatic carbocycles. The number of anilines is 6. The lowest BCUT2D eigenvalue weighted by atomic mass is 9.33. The van der Waals surface area contributed by atoms with Crippen LogP contribution >= 0.6 is 22.7 Å². The Bertz CT molecular complexity index is 7130. The highest BCUT2D eigenvalue weighted by atomic mass is 32.1. The van der Waals surface area contributed by atoms with E-state index in [4.69, 9.17) is 0 Å². The number of fused-ring (bicyclic) bond motifs is 16. The van der Waals surface area contributed by atoms with Gasteiger partial charge in [0.2, 0.25) is 0 Å². The van der Waals surface area contributed by atoms with Crippen LogP contribution in [0.2, 0.25) is 0 Å². The molecule has 0 aliphatic carbocycles. The maximum Gasteiger partial charge on any atom is 0.252 e. The summed E-state index contributed by atoms with van der Waals surface area (Å²) in [5, 5.41) is 10.1. The molecule has 0 bridgehead atoms. The Labute approximate surface area is 670 Å². The first-order valence-electron chi connectivity index (χ1n) is 40.0. The Kier molecular flexibility index (Phi) is 15.4. The van der Waals surface area contributed by atoms with Gasteiger partial charge in [-0.1, -0.05) is 283 Å². The Morgan fingerprint density at radius 1 is 0.239 bits per heavy atom. The minimum absolute atomic E-state index is 0.118. The Morgan fingerprint density at radius 3 is 1.33 bits per heavy atom. The first-order chi connectivity index (χ1) is 54.6. The van der Waals surface area contributed by atoms with Crippen molar-refractivity contribution in [2.24, 2.45) is 0 Å². The van der Waals surface area contributed by atoms with Crippen molar-refractivity contribution in [1.29, 1.82) is 0 Å². The fourth-order valence-corrected chi connectivity index (χ4v) is 20.8. The number of thiophene rings is 2. The lowest BCUT2D eigenvalue weighted by molar-refractivity contribution is 0.568. The minimum Gasteiger partial charge on any atom is -0.311 e. The zero-order chi connectivity index (χ0) is 76.9. The summed E-state index contributed by atoms with van der Waals surface area (Å²) >= 11 is 3.77. The maximum absolute atomic E-state index is 2.71. The predicted octanol–water partition coefficient (Wildman–Crippen LogP) is 28.6. The third kappa shape index (κ3) is 11.0. The van der Waals surface area contributed by atoms with Crippen molar-refractivity contribution in [3.63, 3.8) is 0 Å². The number of hydrogen-bond donors (Lipinski definition) is 0. The van der Waals surface area contributed by atoms with Gasteiger partial charge in [0.1, 0.15) is 0 Å². The van der Waals surface area contributed by atoms with Crippen LogP contribution in [0.25, 0.3) is 140 Å². The summed E-state index contributed by atoms with van der Waals surface area (Å²) in [6.07, 6.45) is 0. The van der Waals surface area contributed by atoms with Crippen LogP contribution in [0.15, 0.2) is 309 Å². The van der Waals surface area contributed by atoms with E-state index in [2.05, 4.69) is 411 Å². The van der Waals surface area contributed by atoms with Crippen molar-refractivity contribution in [3.05, 3.63) is 332 Å². The van der Waals surface area contributed by atoms with Gasteiger partial charge in [-0.25, -0.2) is 0 Å². The number of nitrogens with zero attached hydrogens (tertiary/aromatic N) is 4. The van der Waals surface area contributed by atoms with E-state index in [-0.39, 0.29) is 28.4 Å². The van der Waals surface area contributed by atoms with Gasteiger partial charge >= 0.3 is 0 Å². The van der Waals surface area contributed by atoms with Crippen molar-refractivity contribution >= 4 is 164 Å². The molecule has 0 spiro atoms. The fourth-order valence-electron chi connectivity index (χ4n) is 18.6. The molecule has 19 aromatic rings. The SMILES string of the molecule is CC(C)(C)c1cc(-c2ccccc2N2c3ccc(-c4cccc5sc6ccccc6c45)cc3B3c4ccc(-n5c6ccccc6c6cc7c(cc65)sc5ccccc57)cc4N(c4ccccc4-c4cc(C(C)(C)C)cc(C(C)(C)C)c4)c4cc(-c5ccc6c(c5)c5ccccc5n6-c5ccccc5)cc2c43)cc(C(C)(C)C)c1. The number of hydrogen-bond acceptors (Lipinski definition) is 4. The second kappa shape index (κ2) is 25.3. The molecule has 0 saturated carbocycles. The quantitative estimate of drug-likeness (QED) is 0.141. The molecule has 0 N–H and O–H groups in total. The number of aromatic nitrogens is 2. The summed E-state index contributed by atoms with van der Waals surface area (Å²) in [7, 11) is 0. The zero-order valence-corrected chi connectivity index (χ0v) is 67.8. The minimum atomic E-state index is -0.255. The molecule has 0 amide bonds. The van der Waals surface area contributed by atoms with Crippen LogP contribution < -0.4 is 26.2 Å². The summed E-state index contributed by atoms with van der Waals surface area (Å²) in [5.41, 5.74) is 31.7. The zero-order valence-electron chi connectivity index (χ0n) is 66.1. The van der Waals surface area contributed by atoms with E-state index in [0.29, 0.717) is 0 Å². The van der Waals surface area contributed by atoms with Gasteiger partial charge in [0, 0.05) is 107 Å². The number of para-hydroxylation sites is 5. The Hall–Kier alpha value is -12.0. The largest absolute Gasteiger partial charge is 0.311 e. The van der Waals surface area contributed by atoms with Gasteiger partial charge in [-0.05, 0) is 203 Å². The van der Waals surface area contributed by atoms with Gasteiger partial charge in [0.15, 0.2) is 0 Å². The van der Waals surface area contributed by atoms with Gasteiger partial charge in [-0.15, -0.1) is 22.7 Å². The van der Waals surface area contributed by atoms with Crippen LogP contribution in [0.4, 0.5) is 34.1 Å². The molecule has 0 unspecified atom stereocenters. The maximum atomic E-state index is 2.71. The third-order valence-corrected chi connectivity index (χ3v) is 26.7. The molecule has 2 aliphatic rings. The van der Waals surface area contributed by atoms with Crippen molar-refractivity contribution in [2.45, 2.75) is 105 Å². The lowest BCUT2D eigenvalue weighted by Gasteiger charge is -2.45. The highest BCUT2D eigenvalue weighted by Crippen LogP contribution is 2.54. The van der Waals surface area contributed by atoms with E-state index < -0.39 is 0 Å². The summed E-state index contributed by atoms with van der Waals surface area (Å²) in [5.74, 6) is 0. The van der Waals surface area contributed by atoms with E-state index in [1.54, 1.807) is 0 Å². The molecule has 0 fully saturated rings. The van der Waals surface area contributed by atoms with Crippen LogP contribution in [0.3, 0.4) is 0 Å². The third-order valence-electron chi connectivity index (χ3n) is 24.5. The summed E-state index contributed by atoms with van der Waals surface area (Å²) < 4.78 is 10.2. The van der Waals surface area contributed by atoms with E-state index in [0.717, 1.165) is 56.6 Å². The van der Waals surface area contributed by atoms with Crippen LogP contribution in [0, 0.1) is 0 Å². The van der Waals surface area contributed by atoms with Crippen LogP contribution in [-0.2, 0) is 21.7 Å². The smallest absolute Gasteiger partial charge is 0.252 e. The Balaban J connectivity index is 0.912. The molecule has 6 heterocycles. The van der Waals surface area contributed by atoms with E-state index >= 15 is 0 Å². The first kappa shape index (κ1) is 69.0. The van der Waals surface area contributed by atoms with E-state index in [9.17, 15) is 0 Å². The summed E-state index contributed by atoms with van der Waals surface area (Å²) in [4.78, 5) is 5.40. The molecule has 546 valence electrons. The molecule has 21 rings (SSSR count). The predicted molar refractivity (Wildman–Crippen MR) is 491 cm³/mol. The van der Waals surface area contributed by atoms with E-state index in [1.807, 2.05) is 22.7 Å². The van der Waals surface area contributed by atoms with Gasteiger partial charge in [0.25, 0.3) is 6.71 Å². The molecule has 4 aromatic heterocycles. The second-order valence-corrected chi connectivity index (χ2v) is 37.9. The first-order valence-corrected chi connectivity index (χ1v) is 41.6. The highest BCUT2D eigenvalue weighted by Gasteiger charge is 2.45. The van der Waals surface area contributed by atoms with Crippen LogP contribution in [0.1, 0.15) is 105 Å². The molecule has 113 heavy (non-hydrogen) atoms. The molecular weight excluding hydrogens is 1400 g/mol. The molecule has 4 nitrogen and oxygen atoms in total. The van der Waals surface area contributed by atoms with Gasteiger partial charge in [-0.3, -0.25) is 0 Å². The fraction of sp³-hybridized carbons (Fsp3) is 0.151. The average Bonchev–Trinajstić information content (AvgIpc) is 1.39. The van der Waals surface area contributed by atoms with Crippen molar-refractivity contribution in [1.82, 2.24) is 9.13 Å². The van der Waals surface area contributed by atoms with Gasteiger partial charge < -0.3 is 18.9 Å². The molecule has 0 saturated heterocycles.